The maximum absolute atomic E-state index is 10.2. The molecular weight excluding hydrogens is 256 g/mol. The van der Waals surface area contributed by atoms with Crippen molar-refractivity contribution in [3.8, 4) is 0 Å². The lowest BCUT2D eigenvalue weighted by molar-refractivity contribution is 0.151. The topological polar surface area (TPSA) is 20.2 Å². The number of hydrogen-bond donors (Lipinski definition) is 1. The van der Waals surface area contributed by atoms with Crippen molar-refractivity contribution >= 4 is 11.6 Å². The summed E-state index contributed by atoms with van der Waals surface area (Å²) < 4.78 is 0. The smallest absolute Gasteiger partial charge is 0.0587 e. The van der Waals surface area contributed by atoms with Gasteiger partial charge in [-0.25, -0.2) is 0 Å². The van der Waals surface area contributed by atoms with E-state index >= 15 is 0 Å². The van der Waals surface area contributed by atoms with Crippen LogP contribution in [-0.2, 0) is 12.8 Å². The highest BCUT2D eigenvalue weighted by molar-refractivity contribution is 6.31. The first-order valence-electron chi connectivity index (χ1n) is 6.73. The highest BCUT2D eigenvalue weighted by Gasteiger charge is 2.27. The zero-order valence-electron chi connectivity index (χ0n) is 10.7. The Hall–Kier alpha value is -1.31. The minimum Gasteiger partial charge on any atom is -0.393 e. The van der Waals surface area contributed by atoms with Crippen LogP contribution in [-0.4, -0.2) is 11.2 Å². The molecule has 1 nitrogen and oxygen atoms in total. The lowest BCUT2D eigenvalue weighted by Crippen LogP contribution is -2.23. The van der Waals surface area contributed by atoms with Crippen LogP contribution in [0.4, 0.5) is 0 Å². The van der Waals surface area contributed by atoms with Crippen LogP contribution in [0.3, 0.4) is 0 Å². The second kappa shape index (κ2) is 5.36. The van der Waals surface area contributed by atoms with Crippen molar-refractivity contribution in [2.75, 3.05) is 0 Å². The van der Waals surface area contributed by atoms with Crippen molar-refractivity contribution in [1.29, 1.82) is 0 Å². The molecule has 0 radical (unpaired) electrons. The molecule has 1 aliphatic rings. The van der Waals surface area contributed by atoms with E-state index in [1.165, 1.54) is 11.1 Å². The third kappa shape index (κ3) is 2.68. The molecule has 2 aromatic rings. The molecule has 0 heterocycles. The average molecular weight is 273 g/mol. The zero-order valence-corrected chi connectivity index (χ0v) is 11.5. The molecule has 1 N–H and O–H groups in total. The van der Waals surface area contributed by atoms with Crippen molar-refractivity contribution in [3.63, 3.8) is 0 Å². The SMILES string of the molecule is OC(Cc1ccccc1Cl)CC1Cc2ccccc21. The van der Waals surface area contributed by atoms with Gasteiger partial charge < -0.3 is 5.11 Å². The van der Waals surface area contributed by atoms with Crippen molar-refractivity contribution in [2.45, 2.75) is 31.3 Å². The van der Waals surface area contributed by atoms with E-state index < -0.39 is 0 Å². The monoisotopic (exact) mass is 272 g/mol. The Bertz CT molecular complexity index is 579. The summed E-state index contributed by atoms with van der Waals surface area (Å²) in [5.74, 6) is 0.508. The molecule has 0 spiro atoms. The van der Waals surface area contributed by atoms with Gasteiger partial charge in [0.1, 0.15) is 0 Å². The van der Waals surface area contributed by atoms with Gasteiger partial charge in [-0.3, -0.25) is 0 Å². The fourth-order valence-corrected chi connectivity index (χ4v) is 3.12. The van der Waals surface area contributed by atoms with E-state index in [0.717, 1.165) is 23.4 Å². The standard InChI is InChI=1S/C17H17ClO/c18-17-8-4-2-6-13(17)10-15(19)11-14-9-12-5-1-3-7-16(12)14/h1-8,14-15,19H,9-11H2. The van der Waals surface area contributed by atoms with Crippen molar-refractivity contribution in [1.82, 2.24) is 0 Å². The van der Waals surface area contributed by atoms with E-state index in [1.54, 1.807) is 0 Å². The van der Waals surface area contributed by atoms with Crippen molar-refractivity contribution < 1.29 is 5.11 Å². The molecule has 0 saturated carbocycles. The molecule has 0 bridgehead atoms. The molecule has 3 rings (SSSR count). The van der Waals surface area contributed by atoms with E-state index in [2.05, 4.69) is 24.3 Å². The van der Waals surface area contributed by atoms with Gasteiger partial charge in [0.2, 0.25) is 0 Å². The van der Waals surface area contributed by atoms with Crippen LogP contribution < -0.4 is 0 Å². The first-order chi connectivity index (χ1) is 9.24. The molecule has 1 aliphatic carbocycles. The van der Waals surface area contributed by atoms with Gasteiger partial charge in [0, 0.05) is 5.02 Å². The van der Waals surface area contributed by atoms with Crippen LogP contribution >= 0.6 is 11.6 Å². The normalized spacial score (nSPS) is 18.5. The third-order valence-corrected chi connectivity index (χ3v) is 4.30. The number of rotatable bonds is 4. The third-order valence-electron chi connectivity index (χ3n) is 3.93. The predicted molar refractivity (Wildman–Crippen MR) is 78.7 cm³/mol. The molecule has 2 aromatic carbocycles. The quantitative estimate of drug-likeness (QED) is 0.893. The minimum atomic E-state index is -0.321. The van der Waals surface area contributed by atoms with E-state index in [4.69, 9.17) is 11.6 Å². The summed E-state index contributed by atoms with van der Waals surface area (Å²) in [6.45, 7) is 0. The van der Waals surface area contributed by atoms with E-state index in [1.807, 2.05) is 24.3 Å². The Labute approximate surface area is 118 Å². The summed E-state index contributed by atoms with van der Waals surface area (Å²) in [5.41, 5.74) is 3.86. The Kier molecular flexibility index (Phi) is 3.58. The summed E-state index contributed by atoms with van der Waals surface area (Å²) in [4.78, 5) is 0. The van der Waals surface area contributed by atoms with Gasteiger partial charge in [0.05, 0.1) is 6.10 Å². The van der Waals surface area contributed by atoms with Crippen molar-refractivity contribution in [3.05, 3.63) is 70.2 Å². The molecule has 2 atom stereocenters. The lowest BCUT2D eigenvalue weighted by Gasteiger charge is -2.31. The van der Waals surface area contributed by atoms with Gasteiger partial charge in [-0.15, -0.1) is 0 Å². The zero-order chi connectivity index (χ0) is 13.2. The number of halogens is 1. The first-order valence-corrected chi connectivity index (χ1v) is 7.11. The molecule has 0 saturated heterocycles. The number of aliphatic hydroxyl groups excluding tert-OH is 1. The van der Waals surface area contributed by atoms with Crippen LogP contribution in [0.2, 0.25) is 5.02 Å². The Balaban J connectivity index is 1.62. The van der Waals surface area contributed by atoms with Gasteiger partial charge in [-0.1, -0.05) is 54.1 Å². The van der Waals surface area contributed by atoms with Gasteiger partial charge >= 0.3 is 0 Å². The number of hydrogen-bond acceptors (Lipinski definition) is 1. The Morgan fingerprint density at radius 1 is 1.11 bits per heavy atom. The predicted octanol–water partition coefficient (Wildman–Crippen LogP) is 3.97. The van der Waals surface area contributed by atoms with Crippen LogP contribution in [0.15, 0.2) is 48.5 Å². The van der Waals surface area contributed by atoms with Crippen LogP contribution in [0.5, 0.6) is 0 Å². The van der Waals surface area contributed by atoms with E-state index in [0.29, 0.717) is 12.3 Å². The van der Waals surface area contributed by atoms with Gasteiger partial charge in [0.25, 0.3) is 0 Å². The Morgan fingerprint density at radius 2 is 1.84 bits per heavy atom. The fourth-order valence-electron chi connectivity index (χ4n) is 2.90. The van der Waals surface area contributed by atoms with Gasteiger partial charge in [-0.05, 0) is 47.9 Å². The summed E-state index contributed by atoms with van der Waals surface area (Å²) in [6, 6.07) is 16.2. The molecule has 0 aromatic heterocycles. The summed E-state index contributed by atoms with van der Waals surface area (Å²) in [5, 5.41) is 11.0. The molecule has 0 amide bonds. The number of fused-ring (bicyclic) bond motifs is 1. The largest absolute Gasteiger partial charge is 0.393 e. The second-order valence-electron chi connectivity index (χ2n) is 5.28. The summed E-state index contributed by atoms with van der Waals surface area (Å²) in [6.07, 6.45) is 2.23. The maximum Gasteiger partial charge on any atom is 0.0587 e. The number of benzene rings is 2. The number of aliphatic hydroxyl groups is 1. The summed E-state index contributed by atoms with van der Waals surface area (Å²) >= 11 is 6.12. The van der Waals surface area contributed by atoms with Crippen LogP contribution in [0, 0.1) is 0 Å². The molecule has 19 heavy (non-hydrogen) atoms. The van der Waals surface area contributed by atoms with E-state index in [-0.39, 0.29) is 6.10 Å². The Morgan fingerprint density at radius 3 is 2.63 bits per heavy atom. The second-order valence-corrected chi connectivity index (χ2v) is 5.69. The molecular formula is C17H17ClO. The highest BCUT2D eigenvalue weighted by Crippen LogP contribution is 2.38. The molecule has 2 unspecified atom stereocenters. The van der Waals surface area contributed by atoms with Crippen molar-refractivity contribution in [2.24, 2.45) is 0 Å². The van der Waals surface area contributed by atoms with Gasteiger partial charge in [-0.2, -0.15) is 0 Å². The molecule has 0 fully saturated rings. The maximum atomic E-state index is 10.2. The lowest BCUT2D eigenvalue weighted by atomic mass is 9.74. The molecule has 98 valence electrons. The minimum absolute atomic E-state index is 0.321. The van der Waals surface area contributed by atoms with Gasteiger partial charge in [0.15, 0.2) is 0 Å². The van der Waals surface area contributed by atoms with Crippen LogP contribution in [0.1, 0.15) is 29.0 Å². The average Bonchev–Trinajstić information content (AvgIpc) is 2.39. The molecule has 2 heteroatoms. The highest BCUT2D eigenvalue weighted by atomic mass is 35.5. The first kappa shape index (κ1) is 12.7. The van der Waals surface area contributed by atoms with Crippen LogP contribution in [0.25, 0.3) is 0 Å². The fraction of sp³-hybridized carbons (Fsp3) is 0.294. The van der Waals surface area contributed by atoms with E-state index in [9.17, 15) is 5.11 Å². The summed E-state index contributed by atoms with van der Waals surface area (Å²) in [7, 11) is 0. The molecule has 0 aliphatic heterocycles.